The minimum atomic E-state index is -0.281. The Balaban J connectivity index is 1.85. The number of halogens is 1. The van der Waals surface area contributed by atoms with Gasteiger partial charge in [0.25, 0.3) is 5.91 Å². The summed E-state index contributed by atoms with van der Waals surface area (Å²) in [7, 11) is 0. The highest BCUT2D eigenvalue weighted by Gasteiger charge is 2.16. The molecule has 2 aromatic carbocycles. The van der Waals surface area contributed by atoms with E-state index in [1.807, 2.05) is 13.0 Å². The molecule has 0 saturated carbocycles. The standard InChI is InChI=1S/C17H15ClN2O3/c1-10-2-4-12(18)9-13(10)20-17(22)11-3-5-15-14(8-11)19-16(21)6-7-23-15/h2-5,8-9H,6-7H2,1H3,(H,19,21)(H,20,22). The molecule has 1 heterocycles. The molecule has 1 aliphatic rings. The lowest BCUT2D eigenvalue weighted by atomic mass is 10.1. The molecule has 6 heteroatoms. The predicted octanol–water partition coefficient (Wildman–Crippen LogP) is 3.62. The van der Waals surface area contributed by atoms with Gasteiger partial charge in [-0.1, -0.05) is 17.7 Å². The lowest BCUT2D eigenvalue weighted by Crippen LogP contribution is -2.14. The van der Waals surface area contributed by atoms with E-state index < -0.39 is 0 Å². The highest BCUT2D eigenvalue weighted by Crippen LogP contribution is 2.29. The van der Waals surface area contributed by atoms with Gasteiger partial charge in [0.05, 0.1) is 18.7 Å². The molecular weight excluding hydrogens is 316 g/mol. The normalized spacial score (nSPS) is 13.4. The van der Waals surface area contributed by atoms with E-state index in [2.05, 4.69) is 10.6 Å². The molecule has 0 saturated heterocycles. The Morgan fingerprint density at radius 1 is 1.26 bits per heavy atom. The first-order chi connectivity index (χ1) is 11.0. The quantitative estimate of drug-likeness (QED) is 0.883. The highest BCUT2D eigenvalue weighted by molar-refractivity contribution is 6.31. The number of rotatable bonds is 2. The van der Waals surface area contributed by atoms with Gasteiger partial charge in [0, 0.05) is 16.3 Å². The summed E-state index contributed by atoms with van der Waals surface area (Å²) < 4.78 is 5.47. The van der Waals surface area contributed by atoms with Crippen molar-refractivity contribution in [1.29, 1.82) is 0 Å². The number of ether oxygens (including phenoxy) is 1. The molecule has 1 aliphatic heterocycles. The smallest absolute Gasteiger partial charge is 0.255 e. The van der Waals surface area contributed by atoms with Gasteiger partial charge in [0.15, 0.2) is 0 Å². The van der Waals surface area contributed by atoms with Crippen LogP contribution in [0.2, 0.25) is 5.02 Å². The van der Waals surface area contributed by atoms with Crippen molar-refractivity contribution in [2.45, 2.75) is 13.3 Å². The van der Waals surface area contributed by atoms with Crippen LogP contribution in [0.1, 0.15) is 22.3 Å². The summed E-state index contributed by atoms with van der Waals surface area (Å²) in [5.41, 5.74) is 2.49. The lowest BCUT2D eigenvalue weighted by molar-refractivity contribution is -0.116. The summed E-state index contributed by atoms with van der Waals surface area (Å²) in [4.78, 5) is 24.0. The molecule has 0 atom stereocenters. The number of hydrogen-bond donors (Lipinski definition) is 2. The van der Waals surface area contributed by atoms with Gasteiger partial charge in [0.2, 0.25) is 5.91 Å². The molecule has 2 aromatic rings. The minimum absolute atomic E-state index is 0.132. The SMILES string of the molecule is Cc1ccc(Cl)cc1NC(=O)c1ccc2c(c1)NC(=O)CCO2. The number of carbonyl (C=O) groups is 2. The first-order valence-electron chi connectivity index (χ1n) is 7.17. The summed E-state index contributed by atoms with van der Waals surface area (Å²) in [6.45, 7) is 2.21. The Labute approximate surface area is 138 Å². The second-order valence-electron chi connectivity index (χ2n) is 5.27. The van der Waals surface area contributed by atoms with Crippen molar-refractivity contribution in [2.75, 3.05) is 17.2 Å². The van der Waals surface area contributed by atoms with Crippen LogP contribution < -0.4 is 15.4 Å². The van der Waals surface area contributed by atoms with E-state index >= 15 is 0 Å². The molecule has 2 amide bonds. The van der Waals surface area contributed by atoms with E-state index in [0.29, 0.717) is 34.3 Å². The fraction of sp³-hybridized carbons (Fsp3) is 0.176. The van der Waals surface area contributed by atoms with Crippen LogP contribution in [-0.4, -0.2) is 18.4 Å². The van der Waals surface area contributed by atoms with E-state index in [0.717, 1.165) is 5.56 Å². The van der Waals surface area contributed by atoms with Gasteiger partial charge in [0.1, 0.15) is 5.75 Å². The topological polar surface area (TPSA) is 67.4 Å². The first-order valence-corrected chi connectivity index (χ1v) is 7.55. The third-order valence-corrected chi connectivity index (χ3v) is 3.79. The van der Waals surface area contributed by atoms with Crippen molar-refractivity contribution in [3.05, 3.63) is 52.5 Å². The molecule has 118 valence electrons. The number of carbonyl (C=O) groups excluding carboxylic acids is 2. The molecule has 3 rings (SSSR count). The molecule has 0 bridgehead atoms. The van der Waals surface area contributed by atoms with Gasteiger partial charge in [-0.25, -0.2) is 0 Å². The number of anilines is 2. The first kappa shape index (κ1) is 15.4. The number of aryl methyl sites for hydroxylation is 1. The van der Waals surface area contributed by atoms with Crippen LogP contribution in [0.4, 0.5) is 11.4 Å². The van der Waals surface area contributed by atoms with Gasteiger partial charge in [-0.15, -0.1) is 0 Å². The maximum Gasteiger partial charge on any atom is 0.255 e. The Bertz CT molecular complexity index is 789. The second-order valence-corrected chi connectivity index (χ2v) is 5.71. The van der Waals surface area contributed by atoms with Crippen molar-refractivity contribution in [3.63, 3.8) is 0 Å². The maximum atomic E-state index is 12.4. The molecule has 0 fully saturated rings. The number of fused-ring (bicyclic) bond motifs is 1. The van der Waals surface area contributed by atoms with Crippen LogP contribution in [0.5, 0.6) is 5.75 Å². The zero-order chi connectivity index (χ0) is 16.4. The Morgan fingerprint density at radius 2 is 2.09 bits per heavy atom. The summed E-state index contributed by atoms with van der Waals surface area (Å²) in [5, 5.41) is 6.11. The maximum absolute atomic E-state index is 12.4. The van der Waals surface area contributed by atoms with E-state index in [4.69, 9.17) is 16.3 Å². The van der Waals surface area contributed by atoms with Crippen molar-refractivity contribution in [1.82, 2.24) is 0 Å². The highest BCUT2D eigenvalue weighted by atomic mass is 35.5. The molecule has 0 spiro atoms. The Kier molecular flexibility index (Phi) is 4.21. The summed E-state index contributed by atoms with van der Waals surface area (Å²) in [6.07, 6.45) is 0.290. The largest absolute Gasteiger partial charge is 0.491 e. The van der Waals surface area contributed by atoms with Crippen molar-refractivity contribution in [3.8, 4) is 5.75 Å². The number of hydrogen-bond acceptors (Lipinski definition) is 3. The lowest BCUT2D eigenvalue weighted by Gasteiger charge is -2.11. The van der Waals surface area contributed by atoms with Crippen LogP contribution in [0, 0.1) is 6.92 Å². The van der Waals surface area contributed by atoms with Crippen LogP contribution in [0.3, 0.4) is 0 Å². The monoisotopic (exact) mass is 330 g/mol. The molecule has 5 nitrogen and oxygen atoms in total. The van der Waals surface area contributed by atoms with Crippen molar-refractivity contribution < 1.29 is 14.3 Å². The van der Waals surface area contributed by atoms with E-state index in [-0.39, 0.29) is 18.2 Å². The summed E-state index contributed by atoms with van der Waals surface area (Å²) in [5.74, 6) is 0.148. The van der Waals surface area contributed by atoms with Crippen LogP contribution >= 0.6 is 11.6 Å². The number of amides is 2. The van der Waals surface area contributed by atoms with E-state index in [1.165, 1.54) is 0 Å². The van der Waals surface area contributed by atoms with Crippen molar-refractivity contribution in [2.24, 2.45) is 0 Å². The van der Waals surface area contributed by atoms with Gasteiger partial charge in [-0.3, -0.25) is 9.59 Å². The van der Waals surface area contributed by atoms with Crippen LogP contribution in [0.15, 0.2) is 36.4 Å². The van der Waals surface area contributed by atoms with Crippen LogP contribution in [0.25, 0.3) is 0 Å². The van der Waals surface area contributed by atoms with Crippen LogP contribution in [-0.2, 0) is 4.79 Å². The van der Waals surface area contributed by atoms with Gasteiger partial charge < -0.3 is 15.4 Å². The second kappa shape index (κ2) is 6.30. The third kappa shape index (κ3) is 3.46. The van der Waals surface area contributed by atoms with Crippen molar-refractivity contribution >= 4 is 34.8 Å². The molecule has 0 unspecified atom stereocenters. The number of nitrogens with one attached hydrogen (secondary N) is 2. The molecule has 23 heavy (non-hydrogen) atoms. The van der Waals surface area contributed by atoms with Gasteiger partial charge in [-0.2, -0.15) is 0 Å². The zero-order valence-corrected chi connectivity index (χ0v) is 13.2. The molecule has 0 aromatic heterocycles. The Morgan fingerprint density at radius 3 is 2.91 bits per heavy atom. The third-order valence-electron chi connectivity index (χ3n) is 3.55. The number of benzene rings is 2. The van der Waals surface area contributed by atoms with Gasteiger partial charge in [-0.05, 0) is 42.8 Å². The molecule has 2 N–H and O–H groups in total. The summed E-state index contributed by atoms with van der Waals surface area (Å²) >= 11 is 5.96. The van der Waals surface area contributed by atoms with Gasteiger partial charge >= 0.3 is 0 Å². The van der Waals surface area contributed by atoms with E-state index in [1.54, 1.807) is 30.3 Å². The fourth-order valence-corrected chi connectivity index (χ4v) is 2.46. The minimum Gasteiger partial charge on any atom is -0.491 e. The average molecular weight is 331 g/mol. The molecule has 0 aliphatic carbocycles. The predicted molar refractivity (Wildman–Crippen MR) is 89.3 cm³/mol. The van der Waals surface area contributed by atoms with E-state index in [9.17, 15) is 9.59 Å². The fourth-order valence-electron chi connectivity index (χ4n) is 2.28. The molecular formula is C17H15ClN2O3. The zero-order valence-electron chi connectivity index (χ0n) is 12.5. The summed E-state index contributed by atoms with van der Waals surface area (Å²) in [6, 6.07) is 10.2. The Hall–Kier alpha value is -2.53. The molecule has 0 radical (unpaired) electrons. The average Bonchev–Trinajstić information content (AvgIpc) is 2.70.